The number of aromatic nitrogens is 1. The molecule has 2 aliphatic rings. The quantitative estimate of drug-likeness (QED) is 0.565. The second-order valence-electron chi connectivity index (χ2n) is 8.83. The molecule has 5 rings (SSSR count). The zero-order chi connectivity index (χ0) is 23.9. The van der Waals surface area contributed by atoms with Crippen molar-refractivity contribution < 1.29 is 17.6 Å². The molecule has 0 amide bonds. The molecule has 2 atom stereocenters. The van der Waals surface area contributed by atoms with E-state index in [-0.39, 0.29) is 28.7 Å². The van der Waals surface area contributed by atoms with E-state index in [1.165, 1.54) is 9.87 Å². The van der Waals surface area contributed by atoms with Gasteiger partial charge in [0.05, 0.1) is 17.1 Å². The van der Waals surface area contributed by atoms with Gasteiger partial charge in [-0.2, -0.15) is 14.6 Å². The van der Waals surface area contributed by atoms with Crippen molar-refractivity contribution in [3.8, 4) is 17.5 Å². The van der Waals surface area contributed by atoms with Crippen molar-refractivity contribution in [2.24, 2.45) is 0 Å². The molecule has 0 saturated carbocycles. The molecule has 9 heteroatoms. The highest BCUT2D eigenvalue weighted by atomic mass is 32.2. The van der Waals surface area contributed by atoms with Crippen molar-refractivity contribution in [2.45, 2.75) is 43.9 Å². The van der Waals surface area contributed by atoms with Gasteiger partial charge in [-0.05, 0) is 55.7 Å². The van der Waals surface area contributed by atoms with Gasteiger partial charge in [0.1, 0.15) is 6.07 Å². The third kappa shape index (κ3) is 4.20. The number of oxazole rings is 1. The van der Waals surface area contributed by atoms with E-state index < -0.39 is 10.0 Å². The van der Waals surface area contributed by atoms with Crippen LogP contribution in [-0.4, -0.2) is 49.5 Å². The van der Waals surface area contributed by atoms with Gasteiger partial charge in [-0.25, -0.2) is 8.42 Å². The van der Waals surface area contributed by atoms with Gasteiger partial charge in [-0.15, -0.1) is 0 Å². The lowest BCUT2D eigenvalue weighted by Gasteiger charge is -2.34. The Morgan fingerprint density at radius 2 is 1.71 bits per heavy atom. The maximum atomic E-state index is 13.2. The fourth-order valence-electron chi connectivity index (χ4n) is 4.66. The smallest absolute Gasteiger partial charge is 0.243 e. The predicted molar refractivity (Wildman–Crippen MR) is 127 cm³/mol. The number of hydrogen-bond donors (Lipinski definition) is 0. The zero-order valence-corrected chi connectivity index (χ0v) is 20.0. The summed E-state index contributed by atoms with van der Waals surface area (Å²) in [5.41, 5.74) is 3.05. The predicted octanol–water partition coefficient (Wildman–Crippen LogP) is 3.57. The Kier molecular flexibility index (Phi) is 5.90. The summed E-state index contributed by atoms with van der Waals surface area (Å²) < 4.78 is 39.8. The minimum Gasteiger partial charge on any atom is -0.419 e. The summed E-state index contributed by atoms with van der Waals surface area (Å²) in [6.45, 7) is 5.98. The summed E-state index contributed by atoms with van der Waals surface area (Å²) in [4.78, 5) is 6.55. The summed E-state index contributed by atoms with van der Waals surface area (Å²) in [5.74, 6) is 0.706. The Morgan fingerprint density at radius 3 is 2.38 bits per heavy atom. The molecule has 0 unspecified atom stereocenters. The van der Waals surface area contributed by atoms with E-state index in [1.54, 1.807) is 24.3 Å². The van der Waals surface area contributed by atoms with Gasteiger partial charge in [0, 0.05) is 31.7 Å². The first-order valence-electron chi connectivity index (χ1n) is 11.3. The van der Waals surface area contributed by atoms with E-state index in [4.69, 9.17) is 9.15 Å². The monoisotopic (exact) mass is 478 g/mol. The Hall–Kier alpha value is -3.19. The van der Waals surface area contributed by atoms with Gasteiger partial charge in [-0.3, -0.25) is 0 Å². The third-order valence-corrected chi connectivity index (χ3v) is 8.12. The molecule has 0 aliphatic carbocycles. The van der Waals surface area contributed by atoms with Crippen LogP contribution >= 0.6 is 0 Å². The van der Waals surface area contributed by atoms with E-state index in [1.807, 2.05) is 43.0 Å². The van der Waals surface area contributed by atoms with Crippen LogP contribution in [0.25, 0.3) is 11.5 Å². The number of morpholine rings is 1. The van der Waals surface area contributed by atoms with Crippen LogP contribution < -0.4 is 4.90 Å². The first-order chi connectivity index (χ1) is 16.3. The lowest BCUT2D eigenvalue weighted by atomic mass is 10.0. The van der Waals surface area contributed by atoms with Gasteiger partial charge >= 0.3 is 0 Å². The Morgan fingerprint density at radius 1 is 1.03 bits per heavy atom. The maximum Gasteiger partial charge on any atom is 0.243 e. The summed E-state index contributed by atoms with van der Waals surface area (Å²) in [5, 5.41) is 9.59. The number of anilines is 1. The molecular weight excluding hydrogens is 452 g/mol. The van der Waals surface area contributed by atoms with Crippen molar-refractivity contribution in [1.29, 1.82) is 5.26 Å². The van der Waals surface area contributed by atoms with Crippen LogP contribution in [0.4, 0.5) is 5.88 Å². The number of nitriles is 1. The number of ether oxygens (including phenoxy) is 1. The van der Waals surface area contributed by atoms with E-state index in [2.05, 4.69) is 11.1 Å². The van der Waals surface area contributed by atoms with Crippen LogP contribution in [0, 0.1) is 11.3 Å². The largest absolute Gasteiger partial charge is 0.419 e. The molecule has 8 nitrogen and oxygen atoms in total. The fourth-order valence-corrected chi connectivity index (χ4v) is 6.08. The number of rotatable bonds is 4. The SMILES string of the molecule is C[C@H]1CN(c2oc(-c3ccc(S(=O)(=O)N4CCc5ccccc5C4)cc3)nc2C#N)C[C@H](C)O1. The Bertz CT molecular complexity index is 1330. The van der Waals surface area contributed by atoms with Gasteiger partial charge in [0.2, 0.25) is 27.5 Å². The first-order valence-corrected chi connectivity index (χ1v) is 12.8. The number of sulfonamides is 1. The van der Waals surface area contributed by atoms with Crippen LogP contribution in [-0.2, 0) is 27.7 Å². The van der Waals surface area contributed by atoms with Crippen LogP contribution in [0.3, 0.4) is 0 Å². The van der Waals surface area contributed by atoms with Crippen molar-refractivity contribution in [1.82, 2.24) is 9.29 Å². The highest BCUT2D eigenvalue weighted by Gasteiger charge is 2.30. The normalized spacial score (nSPS) is 21.1. The standard InChI is InChI=1S/C25H26N4O4S/c1-17-14-28(15-18(2)32-17)25-23(13-26)27-24(33-25)20-7-9-22(10-8-20)34(30,31)29-12-11-19-5-3-4-6-21(19)16-29/h3-10,17-18H,11-12,14-16H2,1-2H3/t17-,18-/m0/s1. The molecule has 3 heterocycles. The molecule has 1 aromatic heterocycles. The molecule has 2 aliphatic heterocycles. The van der Waals surface area contributed by atoms with Gasteiger partial charge in [0.15, 0.2) is 0 Å². The van der Waals surface area contributed by atoms with Crippen molar-refractivity contribution in [2.75, 3.05) is 24.5 Å². The van der Waals surface area contributed by atoms with Crippen molar-refractivity contribution in [3.05, 3.63) is 65.4 Å². The summed E-state index contributed by atoms with van der Waals surface area (Å²) in [6.07, 6.45) is 0.715. The average Bonchev–Trinajstić information content (AvgIpc) is 3.28. The van der Waals surface area contributed by atoms with E-state index in [0.29, 0.717) is 44.0 Å². The topological polar surface area (TPSA) is 99.7 Å². The first kappa shape index (κ1) is 22.6. The summed E-state index contributed by atoms with van der Waals surface area (Å²) in [6, 6.07) is 16.5. The van der Waals surface area contributed by atoms with Crippen LogP contribution in [0.15, 0.2) is 57.8 Å². The number of hydrogen-bond acceptors (Lipinski definition) is 7. The number of benzene rings is 2. The number of nitrogens with zero attached hydrogens (tertiary/aromatic N) is 4. The molecule has 0 bridgehead atoms. The van der Waals surface area contributed by atoms with Gasteiger partial charge < -0.3 is 14.1 Å². The molecule has 2 aromatic carbocycles. The second-order valence-corrected chi connectivity index (χ2v) is 10.8. The Labute approximate surface area is 199 Å². The molecule has 176 valence electrons. The fraction of sp³-hybridized carbons (Fsp3) is 0.360. The minimum absolute atomic E-state index is 0.00934. The minimum atomic E-state index is -3.63. The summed E-state index contributed by atoms with van der Waals surface area (Å²) in [7, 11) is -3.63. The Balaban J connectivity index is 1.38. The van der Waals surface area contributed by atoms with Crippen LogP contribution in [0.5, 0.6) is 0 Å². The second kappa shape index (κ2) is 8.87. The highest BCUT2D eigenvalue weighted by molar-refractivity contribution is 7.89. The zero-order valence-electron chi connectivity index (χ0n) is 19.1. The van der Waals surface area contributed by atoms with Crippen LogP contribution in [0.1, 0.15) is 30.7 Å². The van der Waals surface area contributed by atoms with E-state index >= 15 is 0 Å². The third-order valence-electron chi connectivity index (χ3n) is 6.26. The molecular formula is C25H26N4O4S. The van der Waals surface area contributed by atoms with E-state index in [0.717, 1.165) is 5.56 Å². The van der Waals surface area contributed by atoms with Gasteiger partial charge in [-0.1, -0.05) is 24.3 Å². The molecule has 0 spiro atoms. The van der Waals surface area contributed by atoms with Crippen molar-refractivity contribution in [3.63, 3.8) is 0 Å². The molecule has 1 fully saturated rings. The molecule has 34 heavy (non-hydrogen) atoms. The molecule has 0 radical (unpaired) electrons. The highest BCUT2D eigenvalue weighted by Crippen LogP contribution is 2.31. The number of fused-ring (bicyclic) bond motifs is 1. The molecule has 3 aromatic rings. The molecule has 1 saturated heterocycles. The summed E-state index contributed by atoms with van der Waals surface area (Å²) >= 11 is 0. The maximum absolute atomic E-state index is 13.2. The molecule has 0 N–H and O–H groups in total. The van der Waals surface area contributed by atoms with Crippen LogP contribution in [0.2, 0.25) is 0 Å². The lowest BCUT2D eigenvalue weighted by Crippen LogP contribution is -2.45. The van der Waals surface area contributed by atoms with Gasteiger partial charge in [0.25, 0.3) is 0 Å². The lowest BCUT2D eigenvalue weighted by molar-refractivity contribution is -0.00638. The van der Waals surface area contributed by atoms with E-state index in [9.17, 15) is 13.7 Å². The van der Waals surface area contributed by atoms with Crippen molar-refractivity contribution >= 4 is 15.9 Å². The average molecular weight is 479 g/mol.